The smallest absolute Gasteiger partial charge is 0.269 e. The Bertz CT molecular complexity index is 1700. The number of carbonyl (C=O) groups is 1. The van der Waals surface area contributed by atoms with Crippen molar-refractivity contribution in [2.24, 2.45) is 5.73 Å². The zero-order valence-corrected chi connectivity index (χ0v) is 19.4. The van der Waals surface area contributed by atoms with Gasteiger partial charge in [0.25, 0.3) is 5.91 Å². The van der Waals surface area contributed by atoms with Gasteiger partial charge in [0.1, 0.15) is 11.6 Å². The average Bonchev–Trinajstić information content (AvgIpc) is 3.33. The second kappa shape index (κ2) is 8.77. The van der Waals surface area contributed by atoms with Gasteiger partial charge in [-0.1, -0.05) is 6.07 Å². The molecule has 0 saturated carbocycles. The van der Waals surface area contributed by atoms with Crippen LogP contribution in [0, 0.1) is 25.2 Å². The fraction of sp³-hybridized carbons (Fsp3) is 0.0800. The summed E-state index contributed by atoms with van der Waals surface area (Å²) in [5.74, 6) is 0.502. The van der Waals surface area contributed by atoms with E-state index in [1.54, 1.807) is 43.6 Å². The third-order valence-corrected chi connectivity index (χ3v) is 5.68. The van der Waals surface area contributed by atoms with E-state index in [2.05, 4.69) is 36.5 Å². The van der Waals surface area contributed by atoms with Crippen LogP contribution in [0.4, 0.5) is 17.2 Å². The van der Waals surface area contributed by atoms with Gasteiger partial charge in [-0.2, -0.15) is 10.4 Å². The Balaban J connectivity index is 1.76. The lowest BCUT2D eigenvalue weighted by Gasteiger charge is -2.16. The van der Waals surface area contributed by atoms with Crippen molar-refractivity contribution in [2.75, 3.05) is 11.1 Å². The number of aryl methyl sites for hydroxylation is 2. The van der Waals surface area contributed by atoms with Crippen molar-refractivity contribution in [3.8, 4) is 28.7 Å². The number of nitrogen functional groups attached to an aromatic ring is 1. The first-order chi connectivity index (χ1) is 17.4. The molecule has 3 heterocycles. The van der Waals surface area contributed by atoms with Gasteiger partial charge < -0.3 is 16.8 Å². The molecular formula is C25H20N10O. The number of rotatable bonds is 5. The van der Waals surface area contributed by atoms with E-state index in [0.717, 1.165) is 16.5 Å². The van der Waals surface area contributed by atoms with Crippen LogP contribution in [0.2, 0.25) is 0 Å². The van der Waals surface area contributed by atoms with Crippen LogP contribution in [-0.2, 0) is 0 Å². The molecule has 11 nitrogen and oxygen atoms in total. The van der Waals surface area contributed by atoms with Gasteiger partial charge in [0.15, 0.2) is 11.5 Å². The number of amides is 1. The van der Waals surface area contributed by atoms with E-state index in [4.69, 9.17) is 16.5 Å². The lowest BCUT2D eigenvalue weighted by Crippen LogP contribution is -2.18. The van der Waals surface area contributed by atoms with Crippen molar-refractivity contribution in [2.45, 2.75) is 13.8 Å². The van der Waals surface area contributed by atoms with E-state index in [0.29, 0.717) is 39.7 Å². The van der Waals surface area contributed by atoms with Crippen LogP contribution < -0.4 is 16.8 Å². The summed E-state index contributed by atoms with van der Waals surface area (Å²) >= 11 is 0. The first kappa shape index (κ1) is 22.4. The molecule has 0 bridgehead atoms. The minimum atomic E-state index is -0.788. The van der Waals surface area contributed by atoms with E-state index in [9.17, 15) is 10.1 Å². The highest BCUT2D eigenvalue weighted by molar-refractivity contribution is 6.04. The number of benzene rings is 2. The molecule has 5 aromatic rings. The Morgan fingerprint density at radius 2 is 1.94 bits per heavy atom. The third kappa shape index (κ3) is 3.92. The summed E-state index contributed by atoms with van der Waals surface area (Å²) < 4.78 is 0. The maximum Gasteiger partial charge on any atom is 0.269 e. The second-order valence-corrected chi connectivity index (χ2v) is 8.10. The van der Waals surface area contributed by atoms with Crippen molar-refractivity contribution >= 4 is 34.0 Å². The second-order valence-electron chi connectivity index (χ2n) is 8.10. The largest absolute Gasteiger partial charge is 0.395 e. The molecule has 0 aliphatic heterocycles. The molecule has 11 heteroatoms. The lowest BCUT2D eigenvalue weighted by molar-refractivity contribution is 0.0996. The summed E-state index contributed by atoms with van der Waals surface area (Å²) in [4.78, 5) is 30.0. The Labute approximate surface area is 205 Å². The van der Waals surface area contributed by atoms with Crippen molar-refractivity contribution in [3.63, 3.8) is 0 Å². The Hall–Kier alpha value is -5.37. The van der Waals surface area contributed by atoms with Crippen LogP contribution in [0.25, 0.3) is 33.5 Å². The summed E-state index contributed by atoms with van der Waals surface area (Å²) in [7, 11) is 0. The van der Waals surface area contributed by atoms with Gasteiger partial charge in [0.05, 0.1) is 40.4 Å². The highest BCUT2D eigenvalue weighted by Crippen LogP contribution is 2.37. The molecule has 0 aliphatic carbocycles. The van der Waals surface area contributed by atoms with E-state index < -0.39 is 5.91 Å². The number of aromatic amines is 1. The number of nitriles is 1. The molecule has 3 aromatic heterocycles. The monoisotopic (exact) mass is 476 g/mol. The quantitative estimate of drug-likeness (QED) is 0.295. The van der Waals surface area contributed by atoms with Gasteiger partial charge in [-0.15, -0.1) is 0 Å². The number of fused-ring (bicyclic) bond motifs is 1. The summed E-state index contributed by atoms with van der Waals surface area (Å²) in [5, 5.41) is 20.5. The number of nitrogens with two attached hydrogens (primary N) is 2. The highest BCUT2D eigenvalue weighted by atomic mass is 16.1. The van der Waals surface area contributed by atoms with Crippen molar-refractivity contribution in [1.29, 1.82) is 5.26 Å². The highest BCUT2D eigenvalue weighted by Gasteiger charge is 2.22. The van der Waals surface area contributed by atoms with Crippen molar-refractivity contribution in [3.05, 3.63) is 71.4 Å². The molecule has 0 saturated heterocycles. The number of aromatic nitrogens is 6. The van der Waals surface area contributed by atoms with Crippen molar-refractivity contribution < 1.29 is 4.79 Å². The Kier molecular flexibility index (Phi) is 5.46. The summed E-state index contributed by atoms with van der Waals surface area (Å²) in [5.41, 5.74) is 16.2. The summed E-state index contributed by atoms with van der Waals surface area (Å²) in [6, 6.07) is 12.6. The van der Waals surface area contributed by atoms with Crippen molar-refractivity contribution in [1.82, 2.24) is 30.1 Å². The van der Waals surface area contributed by atoms with Crippen LogP contribution in [-0.4, -0.2) is 36.0 Å². The van der Waals surface area contributed by atoms with Crippen LogP contribution in [0.1, 0.15) is 27.4 Å². The first-order valence-corrected chi connectivity index (χ1v) is 10.9. The number of hydrogen-bond acceptors (Lipinski definition) is 9. The van der Waals surface area contributed by atoms with Gasteiger partial charge in [0.2, 0.25) is 0 Å². The van der Waals surface area contributed by atoms with Gasteiger partial charge >= 0.3 is 0 Å². The lowest BCUT2D eigenvalue weighted by atomic mass is 9.98. The maximum atomic E-state index is 12.4. The van der Waals surface area contributed by atoms with E-state index in [1.165, 1.54) is 0 Å². The van der Waals surface area contributed by atoms with Crippen LogP contribution in [0.5, 0.6) is 0 Å². The normalized spacial score (nSPS) is 10.8. The fourth-order valence-electron chi connectivity index (χ4n) is 3.99. The zero-order chi connectivity index (χ0) is 25.4. The fourth-order valence-corrected chi connectivity index (χ4v) is 3.99. The summed E-state index contributed by atoms with van der Waals surface area (Å²) in [6.45, 7) is 3.68. The van der Waals surface area contributed by atoms with Gasteiger partial charge in [0, 0.05) is 22.7 Å². The number of hydrogen-bond donors (Lipinski definition) is 4. The molecule has 36 heavy (non-hydrogen) atoms. The molecular weight excluding hydrogens is 456 g/mol. The molecule has 0 radical (unpaired) electrons. The number of carbonyl (C=O) groups excluding carboxylic acids is 1. The number of H-pyrrole nitrogens is 1. The number of nitrogens with zero attached hydrogens (tertiary/aromatic N) is 6. The Morgan fingerprint density at radius 1 is 1.11 bits per heavy atom. The molecule has 0 fully saturated rings. The standard InChI is InChI=1S/C25H20N10O/c1-12-3-6-17-16(11-30-35-17)20(12)22-21(27)23(24(28)36)34-25(33-22)15-5-4-14(10-26)9-18(15)32-19-7-8-29-13(2)31-19/h3-9,11H,27H2,1-2H3,(H2,28,36)(H,30,35)(H,29,31,32). The molecule has 2 aromatic carbocycles. The topological polar surface area (TPSA) is 185 Å². The number of anilines is 3. The van der Waals surface area contributed by atoms with Gasteiger partial charge in [-0.3, -0.25) is 9.89 Å². The van der Waals surface area contributed by atoms with Gasteiger partial charge in [-0.25, -0.2) is 19.9 Å². The van der Waals surface area contributed by atoms with Gasteiger partial charge in [-0.05, 0) is 49.7 Å². The SMILES string of the molecule is Cc1nccc(Nc2cc(C#N)ccc2-c2nc(C(N)=O)c(N)c(-c3c(C)ccc4[nH]ncc34)n2)n1. The summed E-state index contributed by atoms with van der Waals surface area (Å²) in [6.07, 6.45) is 3.30. The zero-order valence-electron chi connectivity index (χ0n) is 19.4. The predicted octanol–water partition coefficient (Wildman–Crippen LogP) is 3.39. The van der Waals surface area contributed by atoms with E-state index in [1.807, 2.05) is 19.1 Å². The molecule has 176 valence electrons. The van der Waals surface area contributed by atoms with E-state index >= 15 is 0 Å². The molecule has 0 aliphatic rings. The predicted molar refractivity (Wildman–Crippen MR) is 135 cm³/mol. The van der Waals surface area contributed by atoms with Crippen LogP contribution in [0.15, 0.2) is 48.8 Å². The maximum absolute atomic E-state index is 12.4. The van der Waals surface area contributed by atoms with Crippen LogP contribution >= 0.6 is 0 Å². The molecule has 0 atom stereocenters. The first-order valence-electron chi connectivity index (χ1n) is 10.9. The Morgan fingerprint density at radius 3 is 2.69 bits per heavy atom. The number of nitrogens with one attached hydrogen (secondary N) is 2. The molecule has 0 spiro atoms. The molecule has 0 unspecified atom stereocenters. The molecule has 6 N–H and O–H groups in total. The third-order valence-electron chi connectivity index (χ3n) is 5.68. The van der Waals surface area contributed by atoms with E-state index in [-0.39, 0.29) is 17.2 Å². The average molecular weight is 477 g/mol. The van der Waals surface area contributed by atoms with Crippen LogP contribution in [0.3, 0.4) is 0 Å². The molecule has 5 rings (SSSR count). The number of primary amides is 1. The molecule has 1 amide bonds. The minimum Gasteiger partial charge on any atom is -0.395 e. The minimum absolute atomic E-state index is 0.0672.